The van der Waals surface area contributed by atoms with Crippen LogP contribution in [-0.2, 0) is 6.42 Å². The number of halogens is 1. The Kier molecular flexibility index (Phi) is 4.51. The number of ether oxygens (including phenoxy) is 1. The third kappa shape index (κ3) is 3.17. The second kappa shape index (κ2) is 6.57. The molecule has 2 aromatic rings. The molecule has 0 N–H and O–H groups in total. The highest BCUT2D eigenvalue weighted by atomic mass is 32.1. The third-order valence-electron chi connectivity index (χ3n) is 3.81. The molecule has 3 rings (SSSR count). The maximum Gasteiger partial charge on any atom is 0.265 e. The van der Waals surface area contributed by atoms with E-state index in [2.05, 4.69) is 15.0 Å². The SMILES string of the molecule is CCc1ncnc(O[C@@H]2CCN(C(=O)c3scnc3C)C2)c1F. The van der Waals surface area contributed by atoms with Gasteiger partial charge in [-0.05, 0) is 13.3 Å². The maximum atomic E-state index is 14.1. The Bertz CT molecular complexity index is 721. The first kappa shape index (κ1) is 15.8. The van der Waals surface area contributed by atoms with E-state index in [9.17, 15) is 9.18 Å². The largest absolute Gasteiger partial charge is 0.470 e. The molecule has 3 heterocycles. The van der Waals surface area contributed by atoms with Crippen LogP contribution in [0.5, 0.6) is 5.88 Å². The van der Waals surface area contributed by atoms with Crippen LogP contribution in [0.3, 0.4) is 0 Å². The Labute approximate surface area is 137 Å². The van der Waals surface area contributed by atoms with E-state index in [0.717, 1.165) is 5.69 Å². The van der Waals surface area contributed by atoms with Gasteiger partial charge in [0.1, 0.15) is 17.3 Å². The fraction of sp³-hybridized carbons (Fsp3) is 0.467. The Morgan fingerprint density at radius 2 is 2.30 bits per heavy atom. The molecular formula is C15H17FN4O2S. The molecule has 1 atom stereocenters. The van der Waals surface area contributed by atoms with Crippen molar-refractivity contribution in [3.63, 3.8) is 0 Å². The third-order valence-corrected chi connectivity index (χ3v) is 4.73. The summed E-state index contributed by atoms with van der Waals surface area (Å²) in [6, 6.07) is 0. The Balaban J connectivity index is 1.67. The Morgan fingerprint density at radius 1 is 1.48 bits per heavy atom. The second-order valence-corrected chi connectivity index (χ2v) is 6.19. The molecule has 0 unspecified atom stereocenters. The van der Waals surface area contributed by atoms with E-state index < -0.39 is 5.82 Å². The lowest BCUT2D eigenvalue weighted by molar-refractivity contribution is 0.0773. The summed E-state index contributed by atoms with van der Waals surface area (Å²) in [5.74, 6) is -0.600. The van der Waals surface area contributed by atoms with Crippen LogP contribution in [0.15, 0.2) is 11.8 Å². The number of thiazole rings is 1. The summed E-state index contributed by atoms with van der Waals surface area (Å²) in [5.41, 5.74) is 2.73. The zero-order chi connectivity index (χ0) is 16.4. The van der Waals surface area contributed by atoms with Crippen molar-refractivity contribution in [2.45, 2.75) is 32.8 Å². The normalized spacial score (nSPS) is 17.5. The first-order valence-electron chi connectivity index (χ1n) is 7.45. The van der Waals surface area contributed by atoms with Crippen molar-refractivity contribution in [2.24, 2.45) is 0 Å². The summed E-state index contributed by atoms with van der Waals surface area (Å²) in [4.78, 5) is 26.6. The molecule has 23 heavy (non-hydrogen) atoms. The number of likely N-dealkylation sites (tertiary alicyclic amines) is 1. The van der Waals surface area contributed by atoms with Gasteiger partial charge in [-0.2, -0.15) is 9.37 Å². The van der Waals surface area contributed by atoms with E-state index in [1.165, 1.54) is 17.7 Å². The van der Waals surface area contributed by atoms with Crippen LogP contribution in [0, 0.1) is 12.7 Å². The van der Waals surface area contributed by atoms with Gasteiger partial charge in [0.15, 0.2) is 0 Å². The summed E-state index contributed by atoms with van der Waals surface area (Å²) >= 11 is 1.33. The molecule has 1 fully saturated rings. The van der Waals surface area contributed by atoms with Gasteiger partial charge in [0.05, 0.1) is 23.4 Å². The molecule has 1 aliphatic rings. The number of aryl methyl sites for hydroxylation is 2. The molecule has 122 valence electrons. The lowest BCUT2D eigenvalue weighted by Crippen LogP contribution is -2.31. The van der Waals surface area contributed by atoms with Gasteiger partial charge in [-0.3, -0.25) is 4.79 Å². The second-order valence-electron chi connectivity index (χ2n) is 5.34. The molecule has 0 bridgehead atoms. The molecular weight excluding hydrogens is 319 g/mol. The zero-order valence-corrected chi connectivity index (χ0v) is 13.8. The highest BCUT2D eigenvalue weighted by Crippen LogP contribution is 2.23. The molecule has 1 saturated heterocycles. The molecule has 1 amide bonds. The number of aromatic nitrogens is 3. The molecule has 0 aliphatic carbocycles. The van der Waals surface area contributed by atoms with Crippen LogP contribution in [0.1, 0.15) is 34.4 Å². The minimum Gasteiger partial charge on any atom is -0.470 e. The van der Waals surface area contributed by atoms with Crippen molar-refractivity contribution in [3.8, 4) is 5.88 Å². The summed E-state index contributed by atoms with van der Waals surface area (Å²) < 4.78 is 19.8. The predicted octanol–water partition coefficient (Wildman–Crippen LogP) is 2.24. The van der Waals surface area contributed by atoms with Gasteiger partial charge in [0.2, 0.25) is 5.82 Å². The van der Waals surface area contributed by atoms with E-state index in [1.54, 1.807) is 10.4 Å². The van der Waals surface area contributed by atoms with Gasteiger partial charge in [0, 0.05) is 13.0 Å². The number of carbonyl (C=O) groups is 1. The highest BCUT2D eigenvalue weighted by molar-refractivity contribution is 7.11. The van der Waals surface area contributed by atoms with Crippen molar-refractivity contribution in [1.82, 2.24) is 19.9 Å². The van der Waals surface area contributed by atoms with E-state index in [-0.39, 0.29) is 17.9 Å². The lowest BCUT2D eigenvalue weighted by Gasteiger charge is -2.16. The van der Waals surface area contributed by atoms with E-state index in [0.29, 0.717) is 36.5 Å². The van der Waals surface area contributed by atoms with Crippen molar-refractivity contribution < 1.29 is 13.9 Å². The van der Waals surface area contributed by atoms with Crippen LogP contribution in [-0.4, -0.2) is 45.0 Å². The van der Waals surface area contributed by atoms with Gasteiger partial charge in [0.25, 0.3) is 11.8 Å². The van der Waals surface area contributed by atoms with E-state index >= 15 is 0 Å². The summed E-state index contributed by atoms with van der Waals surface area (Å²) in [7, 11) is 0. The van der Waals surface area contributed by atoms with Crippen LogP contribution < -0.4 is 4.74 Å². The number of hydrogen-bond acceptors (Lipinski definition) is 6. The molecule has 8 heteroatoms. The predicted molar refractivity (Wildman–Crippen MR) is 83.2 cm³/mol. The lowest BCUT2D eigenvalue weighted by atomic mass is 10.3. The monoisotopic (exact) mass is 336 g/mol. The highest BCUT2D eigenvalue weighted by Gasteiger charge is 2.30. The zero-order valence-electron chi connectivity index (χ0n) is 13.0. The van der Waals surface area contributed by atoms with Crippen molar-refractivity contribution in [1.29, 1.82) is 0 Å². The Morgan fingerprint density at radius 3 is 3.00 bits per heavy atom. The van der Waals surface area contributed by atoms with Crippen LogP contribution >= 0.6 is 11.3 Å². The van der Waals surface area contributed by atoms with Crippen molar-refractivity contribution in [2.75, 3.05) is 13.1 Å². The smallest absolute Gasteiger partial charge is 0.265 e. The van der Waals surface area contributed by atoms with Crippen LogP contribution in [0.2, 0.25) is 0 Å². The summed E-state index contributed by atoms with van der Waals surface area (Å²) in [6.07, 6.45) is 2.16. The van der Waals surface area contributed by atoms with Crippen molar-refractivity contribution >= 4 is 17.2 Å². The number of carbonyl (C=O) groups excluding carboxylic acids is 1. The van der Waals surface area contributed by atoms with Crippen LogP contribution in [0.4, 0.5) is 4.39 Å². The molecule has 6 nitrogen and oxygen atoms in total. The fourth-order valence-corrected chi connectivity index (χ4v) is 3.30. The topological polar surface area (TPSA) is 68.2 Å². The van der Waals surface area contributed by atoms with Gasteiger partial charge >= 0.3 is 0 Å². The number of amides is 1. The van der Waals surface area contributed by atoms with E-state index in [1.807, 2.05) is 13.8 Å². The quantitative estimate of drug-likeness (QED) is 0.856. The van der Waals surface area contributed by atoms with Crippen LogP contribution in [0.25, 0.3) is 0 Å². The number of hydrogen-bond donors (Lipinski definition) is 0. The van der Waals surface area contributed by atoms with Gasteiger partial charge < -0.3 is 9.64 Å². The minimum absolute atomic E-state index is 0.0369. The van der Waals surface area contributed by atoms with E-state index in [4.69, 9.17) is 4.74 Å². The molecule has 0 spiro atoms. The Hall–Kier alpha value is -2.09. The van der Waals surface area contributed by atoms with Crippen molar-refractivity contribution in [3.05, 3.63) is 33.9 Å². The standard InChI is InChI=1S/C15H17FN4O2S/c1-3-11-12(16)14(18-7-17-11)22-10-4-5-20(6-10)15(21)13-9(2)19-8-23-13/h7-8,10H,3-6H2,1-2H3/t10-/m1/s1. The van der Waals surface area contributed by atoms with Gasteiger partial charge in [-0.1, -0.05) is 6.92 Å². The fourth-order valence-electron chi connectivity index (χ4n) is 2.53. The average molecular weight is 336 g/mol. The maximum absolute atomic E-state index is 14.1. The van der Waals surface area contributed by atoms with Gasteiger partial charge in [-0.25, -0.2) is 9.97 Å². The molecule has 0 radical (unpaired) electrons. The average Bonchev–Trinajstić information content (AvgIpc) is 3.18. The summed E-state index contributed by atoms with van der Waals surface area (Å²) in [6.45, 7) is 4.63. The molecule has 0 saturated carbocycles. The first-order valence-corrected chi connectivity index (χ1v) is 8.33. The first-order chi connectivity index (χ1) is 11.1. The molecule has 0 aromatic carbocycles. The summed E-state index contributed by atoms with van der Waals surface area (Å²) in [5, 5.41) is 0. The molecule has 2 aromatic heterocycles. The molecule has 1 aliphatic heterocycles. The number of nitrogens with zero attached hydrogens (tertiary/aromatic N) is 4. The number of rotatable bonds is 4. The van der Waals surface area contributed by atoms with Gasteiger partial charge in [-0.15, -0.1) is 11.3 Å². The minimum atomic E-state index is -0.516.